The van der Waals surface area contributed by atoms with Gasteiger partial charge in [0.1, 0.15) is 23.5 Å². The molecule has 3 aromatic heterocycles. The van der Waals surface area contributed by atoms with E-state index >= 15 is 0 Å². The van der Waals surface area contributed by atoms with Gasteiger partial charge in [0.25, 0.3) is 6.43 Å². The van der Waals surface area contributed by atoms with Gasteiger partial charge in [-0.1, -0.05) is 23.5 Å². The quantitative estimate of drug-likeness (QED) is 0.560. The number of anilines is 1. The molecule has 8 nitrogen and oxygen atoms in total. The highest BCUT2D eigenvalue weighted by atomic mass is 32.3. The number of piperidine rings is 1. The van der Waals surface area contributed by atoms with Crippen LogP contribution in [0.1, 0.15) is 31.9 Å². The van der Waals surface area contributed by atoms with Crippen molar-refractivity contribution >= 4 is 21.6 Å². The molecule has 3 aromatic rings. The lowest BCUT2D eigenvalue weighted by Gasteiger charge is -2.40. The average molecular weight is 452 g/mol. The monoisotopic (exact) mass is 451 g/mol. The van der Waals surface area contributed by atoms with Gasteiger partial charge in [0.05, 0.1) is 11.9 Å². The van der Waals surface area contributed by atoms with Crippen LogP contribution < -0.4 is 9.62 Å². The highest BCUT2D eigenvalue weighted by Gasteiger charge is 2.28. The molecule has 1 aliphatic rings. The second kappa shape index (κ2) is 8.54. The highest BCUT2D eigenvalue weighted by molar-refractivity contribution is 7.99. The molecule has 1 saturated heterocycles. The van der Waals surface area contributed by atoms with Crippen molar-refractivity contribution in [2.24, 2.45) is 5.92 Å². The maximum atomic E-state index is 13.1. The van der Waals surface area contributed by atoms with E-state index in [9.17, 15) is 13.0 Å². The Morgan fingerprint density at radius 2 is 2.03 bits per heavy atom. The molecule has 1 fully saturated rings. The summed E-state index contributed by atoms with van der Waals surface area (Å²) in [7, 11) is -2.37. The molecule has 0 aliphatic carbocycles. The maximum Gasteiger partial charge on any atom is 0.282 e. The van der Waals surface area contributed by atoms with E-state index in [0.717, 1.165) is 25.2 Å². The Kier molecular flexibility index (Phi) is 5.98. The lowest BCUT2D eigenvalue weighted by molar-refractivity contribution is 0.144. The van der Waals surface area contributed by atoms with Crippen molar-refractivity contribution in [2.45, 2.75) is 32.2 Å². The predicted molar refractivity (Wildman–Crippen MR) is 118 cm³/mol. The number of hydrogen-bond acceptors (Lipinski definition) is 6. The molecule has 0 aromatic carbocycles. The van der Waals surface area contributed by atoms with Crippen LogP contribution in [0.2, 0.25) is 0 Å². The van der Waals surface area contributed by atoms with E-state index in [1.807, 2.05) is 6.07 Å². The summed E-state index contributed by atoms with van der Waals surface area (Å²) < 4.78 is 43.2. The van der Waals surface area contributed by atoms with Gasteiger partial charge >= 0.3 is 0 Å². The molecule has 0 radical (unpaired) electrons. The molecule has 1 N–H and O–H groups in total. The molecular weight excluding hydrogens is 424 g/mol. The first kappa shape index (κ1) is 21.7. The van der Waals surface area contributed by atoms with Gasteiger partial charge in [0.15, 0.2) is 5.65 Å². The van der Waals surface area contributed by atoms with Crippen LogP contribution in [0.4, 0.5) is 14.6 Å². The van der Waals surface area contributed by atoms with Crippen LogP contribution in [-0.4, -0.2) is 60.4 Å². The first-order valence-electron chi connectivity index (χ1n) is 10.3. The number of alkyl halides is 2. The summed E-state index contributed by atoms with van der Waals surface area (Å²) in [5.41, 5.74) is 1.22. The summed E-state index contributed by atoms with van der Waals surface area (Å²) in [5.74, 6) is 1.18. The largest absolute Gasteiger partial charge is 0.355 e. The first-order valence-corrected chi connectivity index (χ1v) is 12.9. The number of rotatable bonds is 6. The van der Waals surface area contributed by atoms with Gasteiger partial charge in [0, 0.05) is 37.7 Å². The zero-order valence-electron chi connectivity index (χ0n) is 17.7. The van der Waals surface area contributed by atoms with Gasteiger partial charge in [-0.25, -0.2) is 28.2 Å². The molecule has 4 rings (SSSR count). The average Bonchev–Trinajstić information content (AvgIpc) is 3.15. The lowest BCUT2D eigenvalue weighted by atomic mass is 9.92. The number of imidazole rings is 1. The third-order valence-corrected chi connectivity index (χ3v) is 6.44. The fraction of sp³-hybridized carbons (Fsp3) is 0.500. The lowest BCUT2D eigenvalue weighted by Crippen LogP contribution is -2.52. The number of halogens is 2. The van der Waals surface area contributed by atoms with Crippen LogP contribution in [-0.2, 0) is 10.1 Å². The molecule has 0 spiro atoms. The number of nitrogens with zero attached hydrogens (tertiary/aromatic N) is 6. The minimum absolute atomic E-state index is 0.101. The van der Waals surface area contributed by atoms with Crippen molar-refractivity contribution in [3.05, 3.63) is 36.4 Å². The number of nitrogens with one attached hydrogen (secondary N) is 1. The number of fused-ring (bicyclic) bond motifs is 1. The van der Waals surface area contributed by atoms with Crippen LogP contribution in [0.25, 0.3) is 17.0 Å². The van der Waals surface area contributed by atoms with E-state index in [1.165, 1.54) is 23.0 Å². The van der Waals surface area contributed by atoms with Crippen molar-refractivity contribution in [1.29, 1.82) is 0 Å². The number of thiol groups is 1. The molecule has 1 aliphatic heterocycles. The third kappa shape index (κ3) is 4.87. The molecule has 0 bridgehead atoms. The zero-order chi connectivity index (χ0) is 22.2. The fourth-order valence-electron chi connectivity index (χ4n) is 4.06. The van der Waals surface area contributed by atoms with Gasteiger partial charge < -0.3 is 4.90 Å². The molecule has 11 heteroatoms. The van der Waals surface area contributed by atoms with Gasteiger partial charge in [-0.05, 0) is 24.5 Å². The topological polar surface area (TPSA) is 88.3 Å². The number of hydrogen-bond donors (Lipinski definition) is 2. The minimum Gasteiger partial charge on any atom is -0.355 e. The molecule has 168 valence electrons. The summed E-state index contributed by atoms with van der Waals surface area (Å²) >= 11 is 0. The second-order valence-electron chi connectivity index (χ2n) is 8.33. The predicted octanol–water partition coefficient (Wildman–Crippen LogP) is 2.51. The Morgan fingerprint density at radius 1 is 1.23 bits per heavy atom. The smallest absolute Gasteiger partial charge is 0.282 e. The zero-order valence-corrected chi connectivity index (χ0v) is 18.6. The van der Waals surface area contributed by atoms with Gasteiger partial charge in [0.2, 0.25) is 0 Å². The summed E-state index contributed by atoms with van der Waals surface area (Å²) in [5, 5.41) is 4.02. The second-order valence-corrected chi connectivity index (χ2v) is 11.3. The van der Waals surface area contributed by atoms with Gasteiger partial charge in [-0.2, -0.15) is 5.10 Å². The van der Waals surface area contributed by atoms with Crippen molar-refractivity contribution in [2.75, 3.05) is 30.5 Å². The first-order chi connectivity index (χ1) is 14.7. The Balaban J connectivity index is 1.66. The van der Waals surface area contributed by atoms with Crippen molar-refractivity contribution in [1.82, 2.24) is 29.3 Å². The minimum atomic E-state index is -2.67. The Bertz CT molecular complexity index is 1120. The van der Waals surface area contributed by atoms with Gasteiger partial charge in [-0.15, -0.1) is 0 Å². The van der Waals surface area contributed by atoms with E-state index in [2.05, 4.69) is 36.6 Å². The summed E-state index contributed by atoms with van der Waals surface area (Å²) in [6, 6.07) is 4.71. The molecule has 2 unspecified atom stereocenters. The van der Waals surface area contributed by atoms with Crippen molar-refractivity contribution in [3.63, 3.8) is 0 Å². The third-order valence-electron chi connectivity index (χ3n) is 5.45. The van der Waals surface area contributed by atoms with Crippen molar-refractivity contribution in [3.8, 4) is 11.4 Å². The summed E-state index contributed by atoms with van der Waals surface area (Å²) in [4.78, 5) is 15.2. The standard InChI is InChI=1S/C20H27F2N7OS/c1-4-13-7-14(27-31(2,3)30)11-28(10-13)19-8-16(24-12-25-19)17-9-23-18-6-5-15(20(21)22)26-29(17)18/h5-6,8-9,12-14,20,31H,4,7,10-11H2,1-3H3,(H,27,30). The molecule has 0 amide bonds. The van der Waals surface area contributed by atoms with E-state index in [0.29, 0.717) is 29.5 Å². The van der Waals surface area contributed by atoms with E-state index < -0.39 is 16.5 Å². The Hall–Kier alpha value is -2.53. The Morgan fingerprint density at radius 3 is 2.74 bits per heavy atom. The molecule has 2 atom stereocenters. The molecular formula is C20H27F2N7OS. The SMILES string of the molecule is CCC1CC(N[SH](C)(C)=O)CN(c2cc(-c3cnc4ccc(C(F)F)nn34)ncn2)C1. The fourth-order valence-corrected chi connectivity index (χ4v) is 5.12. The van der Waals surface area contributed by atoms with Crippen LogP contribution in [0.3, 0.4) is 0 Å². The molecule has 31 heavy (non-hydrogen) atoms. The number of aromatic nitrogens is 5. The van der Waals surface area contributed by atoms with E-state index in [1.54, 1.807) is 18.7 Å². The van der Waals surface area contributed by atoms with Crippen molar-refractivity contribution < 1.29 is 13.0 Å². The molecule has 0 saturated carbocycles. The Labute approximate surface area is 180 Å². The van der Waals surface area contributed by atoms with E-state index in [4.69, 9.17) is 0 Å². The normalized spacial score (nSPS) is 20.5. The summed E-state index contributed by atoms with van der Waals surface area (Å²) in [6.45, 7) is 3.67. The van der Waals surface area contributed by atoms with Crippen LogP contribution in [0, 0.1) is 5.92 Å². The maximum absolute atomic E-state index is 13.1. The van der Waals surface area contributed by atoms with Gasteiger partial charge in [-0.3, -0.25) is 8.93 Å². The van der Waals surface area contributed by atoms with Crippen LogP contribution in [0.5, 0.6) is 0 Å². The van der Waals surface area contributed by atoms with Crippen LogP contribution in [0.15, 0.2) is 30.7 Å². The van der Waals surface area contributed by atoms with Crippen LogP contribution >= 0.6 is 0 Å². The summed E-state index contributed by atoms with van der Waals surface area (Å²) in [6.07, 6.45) is 5.81. The molecule has 4 heterocycles. The highest BCUT2D eigenvalue weighted by Crippen LogP contribution is 2.27. The van der Waals surface area contributed by atoms with E-state index in [-0.39, 0.29) is 11.7 Å².